The first-order valence-corrected chi connectivity index (χ1v) is 9.69. The maximum atomic E-state index is 12.6. The fourth-order valence-electron chi connectivity index (χ4n) is 7.61. The first-order valence-electron chi connectivity index (χ1n) is 9.69. The van der Waals surface area contributed by atoms with Gasteiger partial charge in [-0.15, -0.1) is 0 Å². The van der Waals surface area contributed by atoms with Crippen molar-refractivity contribution in [2.75, 3.05) is 7.11 Å². The molecule has 5 fully saturated rings. The number of methoxy groups -OCH3 is 1. The molecule has 0 spiro atoms. The molecule has 0 aromatic carbocycles. The van der Waals surface area contributed by atoms with Crippen molar-refractivity contribution in [1.29, 1.82) is 0 Å². The molecule has 0 bridgehead atoms. The smallest absolute Gasteiger partial charge is 0.139 e. The van der Waals surface area contributed by atoms with Gasteiger partial charge in [-0.2, -0.15) is 0 Å². The molecular weight excluding hydrogens is 288 g/mol. The molecule has 3 nitrogen and oxygen atoms in total. The number of hydrogen-bond acceptors (Lipinski definition) is 3. The zero-order valence-electron chi connectivity index (χ0n) is 14.7. The highest BCUT2D eigenvalue weighted by atomic mass is 16.6. The summed E-state index contributed by atoms with van der Waals surface area (Å²) >= 11 is 0. The summed E-state index contributed by atoms with van der Waals surface area (Å²) in [4.78, 5) is 12.6. The van der Waals surface area contributed by atoms with E-state index in [9.17, 15) is 4.79 Å². The van der Waals surface area contributed by atoms with Crippen LogP contribution in [0.2, 0.25) is 0 Å². The molecule has 0 radical (unpaired) electrons. The Morgan fingerprint density at radius 1 is 1.13 bits per heavy atom. The summed E-state index contributed by atoms with van der Waals surface area (Å²) < 4.78 is 12.0. The molecule has 9 atom stereocenters. The van der Waals surface area contributed by atoms with Gasteiger partial charge >= 0.3 is 0 Å². The van der Waals surface area contributed by atoms with E-state index in [1.807, 2.05) is 7.11 Å². The van der Waals surface area contributed by atoms with Crippen LogP contribution in [0, 0.1) is 34.5 Å². The van der Waals surface area contributed by atoms with Crippen LogP contribution in [0.25, 0.3) is 0 Å². The Kier molecular flexibility index (Phi) is 2.98. The maximum Gasteiger partial charge on any atom is 0.139 e. The number of carbonyl (C=O) groups is 1. The Morgan fingerprint density at radius 2 is 1.96 bits per heavy atom. The lowest BCUT2D eigenvalue weighted by atomic mass is 9.44. The van der Waals surface area contributed by atoms with Gasteiger partial charge in [-0.1, -0.05) is 13.8 Å². The van der Waals surface area contributed by atoms with Crippen molar-refractivity contribution in [2.24, 2.45) is 34.5 Å². The van der Waals surface area contributed by atoms with Crippen molar-refractivity contribution in [3.63, 3.8) is 0 Å². The number of ketones is 1. The number of carbonyl (C=O) groups excluding carboxylic acids is 1. The van der Waals surface area contributed by atoms with Crippen LogP contribution in [0.4, 0.5) is 0 Å². The Labute approximate surface area is 139 Å². The number of epoxide rings is 1. The number of ether oxygens (including phenoxy) is 2. The van der Waals surface area contributed by atoms with Crippen LogP contribution < -0.4 is 0 Å². The fraction of sp³-hybridized carbons (Fsp3) is 0.950. The van der Waals surface area contributed by atoms with E-state index in [0.29, 0.717) is 41.2 Å². The minimum atomic E-state index is -0.113. The first-order chi connectivity index (χ1) is 11.0. The molecule has 1 aliphatic heterocycles. The first kappa shape index (κ1) is 14.9. The highest BCUT2D eigenvalue weighted by Crippen LogP contribution is 2.67. The van der Waals surface area contributed by atoms with Crippen LogP contribution in [-0.4, -0.2) is 31.2 Å². The van der Waals surface area contributed by atoms with E-state index < -0.39 is 0 Å². The summed E-state index contributed by atoms with van der Waals surface area (Å²) in [5.41, 5.74) is 0.243. The van der Waals surface area contributed by atoms with Gasteiger partial charge in [0.25, 0.3) is 0 Å². The van der Waals surface area contributed by atoms with Gasteiger partial charge in [0.05, 0.1) is 18.3 Å². The molecule has 128 valence electrons. The van der Waals surface area contributed by atoms with Crippen LogP contribution in [0.1, 0.15) is 58.8 Å². The van der Waals surface area contributed by atoms with E-state index in [1.165, 1.54) is 25.7 Å². The predicted molar refractivity (Wildman–Crippen MR) is 87.0 cm³/mol. The summed E-state index contributed by atoms with van der Waals surface area (Å²) in [7, 11) is 1.87. The van der Waals surface area contributed by atoms with Gasteiger partial charge in [-0.05, 0) is 67.6 Å². The fourth-order valence-corrected chi connectivity index (χ4v) is 7.61. The van der Waals surface area contributed by atoms with E-state index in [0.717, 1.165) is 25.2 Å². The molecule has 0 N–H and O–H groups in total. The van der Waals surface area contributed by atoms with Gasteiger partial charge in [-0.25, -0.2) is 0 Å². The second kappa shape index (κ2) is 4.60. The molecule has 0 aromatic heterocycles. The molecule has 0 aromatic rings. The topological polar surface area (TPSA) is 38.8 Å². The molecule has 3 heteroatoms. The quantitative estimate of drug-likeness (QED) is 0.693. The van der Waals surface area contributed by atoms with Gasteiger partial charge in [0.15, 0.2) is 0 Å². The number of fused-ring (bicyclic) bond motifs is 6. The summed E-state index contributed by atoms with van der Waals surface area (Å²) in [6.07, 6.45) is 9.33. The lowest BCUT2D eigenvalue weighted by Gasteiger charge is -2.61. The average Bonchev–Trinajstić information content (AvgIpc) is 3.20. The average molecular weight is 318 g/mol. The Bertz CT molecular complexity index is 545. The Hall–Kier alpha value is -0.410. The predicted octanol–water partition coefficient (Wildman–Crippen LogP) is 3.60. The van der Waals surface area contributed by atoms with Crippen LogP contribution in [-0.2, 0) is 14.3 Å². The summed E-state index contributed by atoms with van der Waals surface area (Å²) in [6, 6.07) is 0. The second-order valence-electron chi connectivity index (χ2n) is 9.59. The maximum absolute atomic E-state index is 12.6. The summed E-state index contributed by atoms with van der Waals surface area (Å²) in [5, 5.41) is 0. The highest BCUT2D eigenvalue weighted by Gasteiger charge is 2.66. The number of hydrogen-bond donors (Lipinski definition) is 0. The van der Waals surface area contributed by atoms with Gasteiger partial charge in [-0.3, -0.25) is 4.79 Å². The Morgan fingerprint density at radius 3 is 2.74 bits per heavy atom. The van der Waals surface area contributed by atoms with Gasteiger partial charge in [0, 0.05) is 18.9 Å². The van der Waals surface area contributed by atoms with E-state index in [-0.39, 0.29) is 11.5 Å². The minimum absolute atomic E-state index is 0.113. The van der Waals surface area contributed by atoms with Gasteiger partial charge < -0.3 is 9.47 Å². The van der Waals surface area contributed by atoms with Gasteiger partial charge in [0.2, 0.25) is 0 Å². The third-order valence-corrected chi connectivity index (χ3v) is 8.83. The van der Waals surface area contributed by atoms with E-state index >= 15 is 0 Å². The molecule has 5 aliphatic rings. The molecular formula is C20H30O3. The molecule has 9 unspecified atom stereocenters. The number of rotatable bonds is 1. The van der Waals surface area contributed by atoms with Crippen molar-refractivity contribution in [2.45, 2.75) is 77.1 Å². The molecule has 0 amide bonds. The van der Waals surface area contributed by atoms with Crippen molar-refractivity contribution in [3.05, 3.63) is 0 Å². The zero-order chi connectivity index (χ0) is 16.0. The van der Waals surface area contributed by atoms with Crippen molar-refractivity contribution < 1.29 is 14.3 Å². The molecule has 1 heterocycles. The highest BCUT2D eigenvalue weighted by molar-refractivity contribution is 5.87. The number of Topliss-reactive ketones (excluding diaryl/α,β-unsaturated/α-hetero) is 1. The van der Waals surface area contributed by atoms with Crippen molar-refractivity contribution in [1.82, 2.24) is 0 Å². The van der Waals surface area contributed by atoms with E-state index in [2.05, 4.69) is 13.8 Å². The van der Waals surface area contributed by atoms with Crippen LogP contribution in [0.15, 0.2) is 0 Å². The molecule has 4 aliphatic carbocycles. The SMILES string of the molecule is COC1CC2(C)C(=O)CCC2C2CCC3CC4OC4CC3(C)C12. The third-order valence-electron chi connectivity index (χ3n) is 8.83. The lowest BCUT2D eigenvalue weighted by molar-refractivity contribution is -0.173. The Balaban J connectivity index is 1.54. The van der Waals surface area contributed by atoms with Crippen molar-refractivity contribution >= 4 is 5.78 Å². The monoisotopic (exact) mass is 318 g/mol. The normalized spacial score (nSPS) is 60.5. The lowest BCUT2D eigenvalue weighted by Crippen LogP contribution is -2.59. The van der Waals surface area contributed by atoms with Crippen LogP contribution in [0.5, 0.6) is 0 Å². The second-order valence-corrected chi connectivity index (χ2v) is 9.59. The largest absolute Gasteiger partial charge is 0.381 e. The zero-order valence-corrected chi connectivity index (χ0v) is 14.7. The molecule has 4 saturated carbocycles. The summed E-state index contributed by atoms with van der Waals surface area (Å²) in [6.45, 7) is 4.77. The molecule has 23 heavy (non-hydrogen) atoms. The third kappa shape index (κ3) is 1.81. The standard InChI is InChI=1S/C20H30O3/c1-19-9-15-14(23-15)8-11(19)4-5-12-13-6-7-17(21)20(13,2)10-16(22-3)18(12)19/h11-16,18H,4-10H2,1-3H3. The molecule has 1 saturated heterocycles. The van der Waals surface area contributed by atoms with Crippen LogP contribution in [0.3, 0.4) is 0 Å². The summed E-state index contributed by atoms with van der Waals surface area (Å²) in [5.74, 6) is 3.21. The van der Waals surface area contributed by atoms with Crippen molar-refractivity contribution in [3.8, 4) is 0 Å². The minimum Gasteiger partial charge on any atom is -0.381 e. The molecule has 5 rings (SSSR count). The van der Waals surface area contributed by atoms with Gasteiger partial charge in [0.1, 0.15) is 5.78 Å². The van der Waals surface area contributed by atoms with E-state index in [1.54, 1.807) is 0 Å². The van der Waals surface area contributed by atoms with Crippen LogP contribution >= 0.6 is 0 Å². The van der Waals surface area contributed by atoms with E-state index in [4.69, 9.17) is 9.47 Å².